The smallest absolute Gasteiger partial charge is 0.147 e. The molecule has 0 radical (unpaired) electrons. The lowest BCUT2D eigenvalue weighted by Gasteiger charge is -2.13. The Kier molecular flexibility index (Phi) is 5.16. The van der Waals surface area contributed by atoms with Crippen molar-refractivity contribution in [3.05, 3.63) is 33.8 Å². The monoisotopic (exact) mass is 320 g/mol. The van der Waals surface area contributed by atoms with Gasteiger partial charge in [0.25, 0.3) is 0 Å². The molecule has 1 aromatic carbocycles. The van der Waals surface area contributed by atoms with Crippen LogP contribution in [0.4, 0.5) is 0 Å². The molecule has 96 valence electrons. The van der Waals surface area contributed by atoms with Gasteiger partial charge in [0.2, 0.25) is 0 Å². The fourth-order valence-corrected chi connectivity index (χ4v) is 3.05. The van der Waals surface area contributed by atoms with Crippen molar-refractivity contribution in [1.29, 1.82) is 0 Å². The van der Waals surface area contributed by atoms with E-state index in [0.717, 1.165) is 15.6 Å². The average molecular weight is 321 g/mol. The minimum absolute atomic E-state index is 0.119. The first kappa shape index (κ1) is 14.7. The molecule has 0 aliphatic heterocycles. The highest BCUT2D eigenvalue weighted by Crippen LogP contribution is 2.27. The summed E-state index contributed by atoms with van der Waals surface area (Å²) in [5, 5.41) is 9.96. The molecule has 17 heavy (non-hydrogen) atoms. The maximum Gasteiger partial charge on any atom is 0.147 e. The molecule has 0 saturated heterocycles. The van der Waals surface area contributed by atoms with Crippen molar-refractivity contribution in [2.24, 2.45) is 0 Å². The maximum absolute atomic E-state index is 11.0. The molecule has 0 bridgehead atoms. The van der Waals surface area contributed by atoms with Gasteiger partial charge in [0.05, 0.1) is 6.10 Å². The summed E-state index contributed by atoms with van der Waals surface area (Å²) in [6.07, 6.45) is 1.52. The van der Waals surface area contributed by atoms with E-state index >= 15 is 0 Å². The van der Waals surface area contributed by atoms with Crippen molar-refractivity contribution in [3.63, 3.8) is 0 Å². The van der Waals surface area contributed by atoms with Crippen LogP contribution in [0.15, 0.2) is 22.7 Å². The SMILES string of the molecule is Cc1ccc(C(O)CCCS(C)(=O)=O)c(Br)c1. The zero-order chi connectivity index (χ0) is 13.1. The Morgan fingerprint density at radius 3 is 2.59 bits per heavy atom. The molecule has 1 atom stereocenters. The van der Waals surface area contributed by atoms with E-state index in [9.17, 15) is 13.5 Å². The molecule has 1 aromatic rings. The van der Waals surface area contributed by atoms with Crippen molar-refractivity contribution < 1.29 is 13.5 Å². The largest absolute Gasteiger partial charge is 0.388 e. The number of sulfone groups is 1. The molecule has 1 rings (SSSR count). The van der Waals surface area contributed by atoms with E-state index in [0.29, 0.717) is 12.8 Å². The van der Waals surface area contributed by atoms with Crippen molar-refractivity contribution in [2.45, 2.75) is 25.9 Å². The Balaban J connectivity index is 2.61. The first-order chi connectivity index (χ1) is 7.79. The summed E-state index contributed by atoms with van der Waals surface area (Å²) >= 11 is 3.40. The third-order valence-corrected chi connectivity index (χ3v) is 4.22. The normalized spacial score (nSPS) is 13.6. The molecule has 0 aliphatic rings. The standard InChI is InChI=1S/C12H17BrO3S/c1-9-5-6-10(11(13)8-9)12(14)4-3-7-17(2,15)16/h5-6,8,12,14H,3-4,7H2,1-2H3. The first-order valence-corrected chi connectivity index (χ1v) is 8.27. The molecule has 0 fully saturated rings. The summed E-state index contributed by atoms with van der Waals surface area (Å²) in [7, 11) is -2.94. The molecule has 0 spiro atoms. The molecule has 1 unspecified atom stereocenters. The lowest BCUT2D eigenvalue weighted by Crippen LogP contribution is -2.06. The van der Waals surface area contributed by atoms with Gasteiger partial charge in [-0.25, -0.2) is 8.42 Å². The van der Waals surface area contributed by atoms with Gasteiger partial charge in [-0.05, 0) is 37.0 Å². The molecule has 5 heteroatoms. The quantitative estimate of drug-likeness (QED) is 0.907. The Morgan fingerprint density at radius 1 is 1.41 bits per heavy atom. The van der Waals surface area contributed by atoms with E-state index in [1.807, 2.05) is 25.1 Å². The van der Waals surface area contributed by atoms with Gasteiger partial charge in [0, 0.05) is 16.5 Å². The van der Waals surface area contributed by atoms with Crippen LogP contribution in [0.5, 0.6) is 0 Å². The van der Waals surface area contributed by atoms with Crippen molar-refractivity contribution in [3.8, 4) is 0 Å². The second kappa shape index (κ2) is 5.98. The minimum atomic E-state index is -2.94. The summed E-state index contributed by atoms with van der Waals surface area (Å²) in [5.74, 6) is 0.119. The van der Waals surface area contributed by atoms with Crippen LogP contribution in [-0.4, -0.2) is 25.5 Å². The van der Waals surface area contributed by atoms with Crippen molar-refractivity contribution in [2.75, 3.05) is 12.0 Å². The van der Waals surface area contributed by atoms with Gasteiger partial charge in [-0.3, -0.25) is 0 Å². The lowest BCUT2D eigenvalue weighted by molar-refractivity contribution is 0.166. The summed E-state index contributed by atoms with van der Waals surface area (Å²) in [6, 6.07) is 5.74. The average Bonchev–Trinajstić information content (AvgIpc) is 2.15. The van der Waals surface area contributed by atoms with Crippen LogP contribution < -0.4 is 0 Å². The highest BCUT2D eigenvalue weighted by Gasteiger charge is 2.12. The molecular formula is C12H17BrO3S. The van der Waals surface area contributed by atoms with E-state index < -0.39 is 15.9 Å². The van der Waals surface area contributed by atoms with Crippen LogP contribution in [0.1, 0.15) is 30.1 Å². The highest BCUT2D eigenvalue weighted by molar-refractivity contribution is 9.10. The van der Waals surface area contributed by atoms with Crippen molar-refractivity contribution >= 4 is 25.8 Å². The van der Waals surface area contributed by atoms with Gasteiger partial charge in [-0.2, -0.15) is 0 Å². The van der Waals surface area contributed by atoms with E-state index in [1.54, 1.807) is 0 Å². The second-order valence-electron chi connectivity index (χ2n) is 4.31. The molecule has 0 aromatic heterocycles. The maximum atomic E-state index is 11.0. The number of halogens is 1. The molecule has 1 N–H and O–H groups in total. The number of hydrogen-bond donors (Lipinski definition) is 1. The number of hydrogen-bond acceptors (Lipinski definition) is 3. The number of benzene rings is 1. The fourth-order valence-electron chi connectivity index (χ4n) is 1.60. The van der Waals surface area contributed by atoms with Crippen LogP contribution in [0.25, 0.3) is 0 Å². The summed E-state index contributed by atoms with van der Waals surface area (Å²) in [6.45, 7) is 1.98. The Morgan fingerprint density at radius 2 is 2.06 bits per heavy atom. The zero-order valence-electron chi connectivity index (χ0n) is 9.98. The number of rotatable bonds is 5. The van der Waals surface area contributed by atoms with Gasteiger partial charge in [0.15, 0.2) is 0 Å². The number of aliphatic hydroxyl groups excluding tert-OH is 1. The first-order valence-electron chi connectivity index (χ1n) is 5.41. The van der Waals surface area contributed by atoms with Crippen LogP contribution in [0, 0.1) is 6.92 Å². The second-order valence-corrected chi connectivity index (χ2v) is 7.43. The van der Waals surface area contributed by atoms with E-state index in [-0.39, 0.29) is 5.75 Å². The lowest BCUT2D eigenvalue weighted by atomic mass is 10.0. The zero-order valence-corrected chi connectivity index (χ0v) is 12.4. The summed E-state index contributed by atoms with van der Waals surface area (Å²) in [5.41, 5.74) is 1.92. The van der Waals surface area contributed by atoms with Gasteiger partial charge in [0.1, 0.15) is 9.84 Å². The van der Waals surface area contributed by atoms with Crippen LogP contribution in [0.3, 0.4) is 0 Å². The Labute approximate surface area is 111 Å². The van der Waals surface area contributed by atoms with Crippen LogP contribution in [-0.2, 0) is 9.84 Å². The van der Waals surface area contributed by atoms with E-state index in [2.05, 4.69) is 15.9 Å². The van der Waals surface area contributed by atoms with E-state index in [1.165, 1.54) is 6.26 Å². The summed E-state index contributed by atoms with van der Waals surface area (Å²) < 4.78 is 22.8. The fraction of sp³-hybridized carbons (Fsp3) is 0.500. The van der Waals surface area contributed by atoms with Gasteiger partial charge < -0.3 is 5.11 Å². The predicted molar refractivity (Wildman–Crippen MR) is 72.8 cm³/mol. The highest BCUT2D eigenvalue weighted by atomic mass is 79.9. The molecule has 0 amide bonds. The molecular weight excluding hydrogens is 304 g/mol. The van der Waals surface area contributed by atoms with Crippen molar-refractivity contribution in [1.82, 2.24) is 0 Å². The Bertz CT molecular complexity index is 483. The van der Waals surface area contributed by atoms with Gasteiger partial charge >= 0.3 is 0 Å². The number of aliphatic hydroxyl groups is 1. The minimum Gasteiger partial charge on any atom is -0.388 e. The summed E-state index contributed by atoms with van der Waals surface area (Å²) in [4.78, 5) is 0. The van der Waals surface area contributed by atoms with Crippen LogP contribution >= 0.6 is 15.9 Å². The van der Waals surface area contributed by atoms with Gasteiger partial charge in [-0.1, -0.05) is 28.1 Å². The molecule has 3 nitrogen and oxygen atoms in total. The third-order valence-electron chi connectivity index (χ3n) is 2.51. The third kappa shape index (κ3) is 5.19. The predicted octanol–water partition coefficient (Wildman–Crippen LogP) is 2.62. The van der Waals surface area contributed by atoms with Gasteiger partial charge in [-0.15, -0.1) is 0 Å². The number of aryl methyl sites for hydroxylation is 1. The Hall–Kier alpha value is -0.390. The molecule has 0 saturated carbocycles. The topological polar surface area (TPSA) is 54.4 Å². The molecule has 0 heterocycles. The van der Waals surface area contributed by atoms with Crippen LogP contribution in [0.2, 0.25) is 0 Å². The molecule has 0 aliphatic carbocycles. The van der Waals surface area contributed by atoms with E-state index in [4.69, 9.17) is 0 Å².